The highest BCUT2D eigenvalue weighted by Crippen LogP contribution is 2.27. The topological polar surface area (TPSA) is 55.1 Å². The van der Waals surface area contributed by atoms with Crippen LogP contribution in [-0.4, -0.2) is 12.5 Å². The molecule has 6 heteroatoms. The van der Waals surface area contributed by atoms with Crippen molar-refractivity contribution in [2.24, 2.45) is 11.7 Å². The van der Waals surface area contributed by atoms with Crippen molar-refractivity contribution < 1.29 is 13.6 Å². The number of amides is 1. The van der Waals surface area contributed by atoms with Crippen LogP contribution in [0.2, 0.25) is 0 Å². The molecule has 1 rings (SSSR count). The normalized spacial score (nSPS) is 12.3. The number of carbonyl (C=O) groups excluding carboxylic acids is 1. The lowest BCUT2D eigenvalue weighted by Gasteiger charge is -2.15. The van der Waals surface area contributed by atoms with Crippen molar-refractivity contribution in [1.82, 2.24) is 0 Å². The number of anilines is 1. The van der Waals surface area contributed by atoms with Gasteiger partial charge >= 0.3 is 0 Å². The largest absolute Gasteiger partial charge is 0.330 e. The summed E-state index contributed by atoms with van der Waals surface area (Å²) in [6.45, 7) is 2.13. The summed E-state index contributed by atoms with van der Waals surface area (Å²) in [6, 6.07) is 1.81. The minimum absolute atomic E-state index is 0.0593. The lowest BCUT2D eigenvalue weighted by Crippen LogP contribution is -2.29. The Balaban J connectivity index is 2.87. The fourth-order valence-corrected chi connectivity index (χ4v) is 2.10. The number of carbonyl (C=O) groups is 1. The number of hydrogen-bond donors (Lipinski definition) is 2. The van der Waals surface area contributed by atoms with E-state index in [1.165, 1.54) is 0 Å². The zero-order valence-corrected chi connectivity index (χ0v) is 11.6. The number of nitrogens with two attached hydrogens (primary N) is 1. The Labute approximate surface area is 113 Å². The molecule has 0 aliphatic heterocycles. The van der Waals surface area contributed by atoms with Crippen LogP contribution in [-0.2, 0) is 4.79 Å². The second-order valence-electron chi connectivity index (χ2n) is 3.95. The average molecular weight is 321 g/mol. The molecule has 0 radical (unpaired) electrons. The smallest absolute Gasteiger partial charge is 0.228 e. The fourth-order valence-electron chi connectivity index (χ4n) is 1.59. The molecule has 1 amide bonds. The van der Waals surface area contributed by atoms with Crippen LogP contribution in [0.15, 0.2) is 16.6 Å². The summed E-state index contributed by atoms with van der Waals surface area (Å²) >= 11 is 3.01. The van der Waals surface area contributed by atoms with Crippen LogP contribution in [0.1, 0.15) is 19.8 Å². The first-order valence-corrected chi connectivity index (χ1v) is 6.44. The molecule has 0 aliphatic carbocycles. The molecule has 0 bridgehead atoms. The van der Waals surface area contributed by atoms with E-state index in [2.05, 4.69) is 21.2 Å². The first-order chi connectivity index (χ1) is 8.49. The van der Waals surface area contributed by atoms with Gasteiger partial charge in [0.1, 0.15) is 5.82 Å². The second kappa shape index (κ2) is 6.80. The Morgan fingerprint density at radius 1 is 1.50 bits per heavy atom. The minimum Gasteiger partial charge on any atom is -0.330 e. The molecular formula is C12H15BrF2N2O. The number of rotatable bonds is 5. The molecule has 0 saturated heterocycles. The van der Waals surface area contributed by atoms with E-state index in [9.17, 15) is 13.6 Å². The van der Waals surface area contributed by atoms with Crippen LogP contribution in [0.3, 0.4) is 0 Å². The molecule has 18 heavy (non-hydrogen) atoms. The van der Waals surface area contributed by atoms with Crippen molar-refractivity contribution in [3.8, 4) is 0 Å². The lowest BCUT2D eigenvalue weighted by atomic mass is 10.0. The van der Waals surface area contributed by atoms with E-state index >= 15 is 0 Å². The Morgan fingerprint density at radius 3 is 2.67 bits per heavy atom. The van der Waals surface area contributed by atoms with E-state index in [0.29, 0.717) is 6.42 Å². The van der Waals surface area contributed by atoms with Crippen molar-refractivity contribution in [1.29, 1.82) is 0 Å². The Hall–Kier alpha value is -1.01. The monoisotopic (exact) mass is 320 g/mol. The molecule has 100 valence electrons. The van der Waals surface area contributed by atoms with E-state index in [1.807, 2.05) is 6.92 Å². The summed E-state index contributed by atoms with van der Waals surface area (Å²) in [4.78, 5) is 11.9. The van der Waals surface area contributed by atoms with Gasteiger partial charge in [0, 0.05) is 17.1 Å². The van der Waals surface area contributed by atoms with E-state index in [0.717, 1.165) is 18.6 Å². The van der Waals surface area contributed by atoms with Crippen LogP contribution in [0, 0.1) is 17.6 Å². The molecule has 0 aromatic heterocycles. The molecular weight excluding hydrogens is 306 g/mol. The van der Waals surface area contributed by atoms with Gasteiger partial charge in [0.05, 0.1) is 11.6 Å². The van der Waals surface area contributed by atoms with E-state index in [4.69, 9.17) is 5.73 Å². The van der Waals surface area contributed by atoms with Crippen LogP contribution in [0.4, 0.5) is 14.5 Å². The van der Waals surface area contributed by atoms with Gasteiger partial charge in [0.15, 0.2) is 5.82 Å². The summed E-state index contributed by atoms with van der Waals surface area (Å²) in [5.74, 6) is -2.25. The molecule has 1 unspecified atom stereocenters. The number of benzene rings is 1. The first-order valence-electron chi connectivity index (χ1n) is 5.65. The molecule has 1 aromatic carbocycles. The van der Waals surface area contributed by atoms with Gasteiger partial charge in [-0.1, -0.05) is 13.3 Å². The first kappa shape index (κ1) is 15.0. The zero-order valence-electron chi connectivity index (χ0n) is 9.97. The Bertz CT molecular complexity index is 417. The van der Waals surface area contributed by atoms with Crippen molar-refractivity contribution in [2.75, 3.05) is 11.9 Å². The second-order valence-corrected chi connectivity index (χ2v) is 4.81. The maximum atomic E-state index is 13.5. The van der Waals surface area contributed by atoms with Gasteiger partial charge in [0.2, 0.25) is 5.91 Å². The molecule has 1 aromatic rings. The third-order valence-corrected chi connectivity index (χ3v) is 3.17. The van der Waals surface area contributed by atoms with E-state index in [-0.39, 0.29) is 28.5 Å². The highest BCUT2D eigenvalue weighted by atomic mass is 79.9. The van der Waals surface area contributed by atoms with Gasteiger partial charge in [-0.05, 0) is 28.4 Å². The highest BCUT2D eigenvalue weighted by Gasteiger charge is 2.19. The van der Waals surface area contributed by atoms with Gasteiger partial charge < -0.3 is 11.1 Å². The Morgan fingerprint density at radius 2 is 2.17 bits per heavy atom. The third-order valence-electron chi connectivity index (χ3n) is 2.55. The standard InChI is InChI=1S/C12H15BrF2N2O/c1-2-3-7(6-16)12(18)17-11-9(13)4-8(14)5-10(11)15/h4-5,7H,2-3,6,16H2,1H3,(H,17,18). The summed E-state index contributed by atoms with van der Waals surface area (Å²) in [6.07, 6.45) is 1.44. The van der Waals surface area contributed by atoms with Gasteiger partial charge in [-0.15, -0.1) is 0 Å². The van der Waals surface area contributed by atoms with Gasteiger partial charge in [0.25, 0.3) is 0 Å². The van der Waals surface area contributed by atoms with E-state index in [1.54, 1.807) is 0 Å². The van der Waals surface area contributed by atoms with Gasteiger partial charge in [-0.25, -0.2) is 8.78 Å². The summed E-state index contributed by atoms with van der Waals surface area (Å²) in [5.41, 5.74) is 5.43. The number of hydrogen-bond acceptors (Lipinski definition) is 2. The zero-order chi connectivity index (χ0) is 13.7. The van der Waals surface area contributed by atoms with E-state index < -0.39 is 11.6 Å². The SMILES string of the molecule is CCCC(CN)C(=O)Nc1c(F)cc(F)cc1Br. The predicted molar refractivity (Wildman–Crippen MR) is 70.1 cm³/mol. The van der Waals surface area contributed by atoms with Crippen LogP contribution in [0.5, 0.6) is 0 Å². The maximum Gasteiger partial charge on any atom is 0.228 e. The van der Waals surface area contributed by atoms with Gasteiger partial charge in [-0.3, -0.25) is 4.79 Å². The third kappa shape index (κ3) is 3.74. The van der Waals surface area contributed by atoms with Crippen LogP contribution < -0.4 is 11.1 Å². The summed E-state index contributed by atoms with van der Waals surface area (Å²) in [5, 5.41) is 2.43. The molecule has 0 saturated carbocycles. The quantitative estimate of drug-likeness (QED) is 0.876. The number of halogens is 3. The molecule has 3 N–H and O–H groups in total. The van der Waals surface area contributed by atoms with Crippen molar-refractivity contribution >= 4 is 27.5 Å². The average Bonchev–Trinajstić information content (AvgIpc) is 2.30. The molecule has 0 spiro atoms. The number of nitrogens with one attached hydrogen (secondary N) is 1. The van der Waals surface area contributed by atoms with Gasteiger partial charge in [-0.2, -0.15) is 0 Å². The van der Waals surface area contributed by atoms with Crippen molar-refractivity contribution in [3.05, 3.63) is 28.2 Å². The van der Waals surface area contributed by atoms with Crippen molar-refractivity contribution in [3.63, 3.8) is 0 Å². The highest BCUT2D eigenvalue weighted by molar-refractivity contribution is 9.10. The predicted octanol–water partition coefficient (Wildman–Crippen LogP) is 3.04. The molecule has 0 heterocycles. The fraction of sp³-hybridized carbons (Fsp3) is 0.417. The van der Waals surface area contributed by atoms with Crippen molar-refractivity contribution in [2.45, 2.75) is 19.8 Å². The molecule has 0 aliphatic rings. The summed E-state index contributed by atoms with van der Waals surface area (Å²) < 4.78 is 26.6. The van der Waals surface area contributed by atoms with Crippen LogP contribution in [0.25, 0.3) is 0 Å². The minimum atomic E-state index is -0.817. The maximum absolute atomic E-state index is 13.5. The summed E-state index contributed by atoms with van der Waals surface area (Å²) in [7, 11) is 0. The lowest BCUT2D eigenvalue weighted by molar-refractivity contribution is -0.119. The molecule has 1 atom stereocenters. The molecule has 3 nitrogen and oxygen atoms in total. The van der Waals surface area contributed by atoms with Crippen LogP contribution >= 0.6 is 15.9 Å². The Kier molecular flexibility index (Phi) is 5.68. The molecule has 0 fully saturated rings.